The molecular weight excluding hydrogens is 224 g/mol. The molecule has 1 amide bonds. The van der Waals surface area contributed by atoms with Crippen LogP contribution in [0.2, 0.25) is 0 Å². The molecule has 0 saturated carbocycles. The van der Waals surface area contributed by atoms with Crippen molar-refractivity contribution in [3.8, 4) is 0 Å². The fraction of sp³-hybridized carbons (Fsp3) is 0. The van der Waals surface area contributed by atoms with Crippen molar-refractivity contribution in [1.82, 2.24) is 4.98 Å². The van der Waals surface area contributed by atoms with Crippen molar-refractivity contribution >= 4 is 27.9 Å². The number of hydrogen-bond donors (Lipinski definition) is 0. The Labute approximate surface area is 76.5 Å². The zero-order chi connectivity index (χ0) is 8.97. The third-order valence-electron chi connectivity index (χ3n) is 1.11. The van der Waals surface area contributed by atoms with Crippen LogP contribution in [0.25, 0.3) is 0 Å². The molecule has 0 bridgehead atoms. The van der Waals surface area contributed by atoms with Crippen molar-refractivity contribution < 1.29 is 9.59 Å². The van der Waals surface area contributed by atoms with Gasteiger partial charge in [0.25, 0.3) is 0 Å². The number of amides is 1. The third-order valence-corrected chi connectivity index (χ3v) is 1.75. The van der Waals surface area contributed by atoms with Gasteiger partial charge in [-0.1, -0.05) is 0 Å². The van der Waals surface area contributed by atoms with Gasteiger partial charge in [0.2, 0.25) is 6.08 Å². The summed E-state index contributed by atoms with van der Waals surface area (Å²) in [5.74, 6) is -0.697. The lowest BCUT2D eigenvalue weighted by Crippen LogP contribution is -1.98. The molecule has 1 aromatic heterocycles. The van der Waals surface area contributed by atoms with Crippen LogP contribution in [0.15, 0.2) is 27.8 Å². The minimum atomic E-state index is -0.697. The predicted molar refractivity (Wildman–Crippen MR) is 44.4 cm³/mol. The lowest BCUT2D eigenvalue weighted by atomic mass is 10.3. The number of carbonyl (C=O) groups is 1. The number of aliphatic imine (C=N–C) groups is 1. The lowest BCUT2D eigenvalue weighted by Gasteiger charge is -1.94. The molecule has 5 heteroatoms. The van der Waals surface area contributed by atoms with Crippen molar-refractivity contribution in [2.24, 2.45) is 4.99 Å². The predicted octanol–water partition coefficient (Wildman–Crippen LogP) is 1.32. The van der Waals surface area contributed by atoms with Gasteiger partial charge in [-0.3, -0.25) is 4.79 Å². The van der Waals surface area contributed by atoms with Crippen LogP contribution >= 0.6 is 15.9 Å². The molecule has 0 N–H and O–H groups in total. The van der Waals surface area contributed by atoms with Crippen LogP contribution in [0.4, 0.5) is 0 Å². The van der Waals surface area contributed by atoms with E-state index in [1.165, 1.54) is 6.20 Å². The van der Waals surface area contributed by atoms with Gasteiger partial charge in [-0.05, 0) is 28.1 Å². The van der Waals surface area contributed by atoms with Crippen molar-refractivity contribution in [2.75, 3.05) is 0 Å². The molecule has 1 rings (SSSR count). The summed E-state index contributed by atoms with van der Waals surface area (Å²) >= 11 is 3.09. The van der Waals surface area contributed by atoms with Crippen LogP contribution in [0.1, 0.15) is 10.5 Å². The second kappa shape index (κ2) is 3.90. The van der Waals surface area contributed by atoms with Gasteiger partial charge >= 0.3 is 5.91 Å². The van der Waals surface area contributed by atoms with Gasteiger partial charge < -0.3 is 0 Å². The Bertz CT molecular complexity index is 358. The van der Waals surface area contributed by atoms with Crippen LogP contribution in [0.5, 0.6) is 0 Å². The zero-order valence-electron chi connectivity index (χ0n) is 5.82. The van der Waals surface area contributed by atoms with Crippen molar-refractivity contribution in [1.29, 1.82) is 0 Å². The normalized spacial score (nSPS) is 8.75. The highest BCUT2D eigenvalue weighted by Crippen LogP contribution is 2.13. The van der Waals surface area contributed by atoms with E-state index in [0.29, 0.717) is 4.47 Å². The average Bonchev–Trinajstić information content (AvgIpc) is 2.05. The number of nitrogens with zero attached hydrogens (tertiary/aromatic N) is 2. The average molecular weight is 227 g/mol. The van der Waals surface area contributed by atoms with Crippen LogP contribution in [0, 0.1) is 0 Å². The Balaban J connectivity index is 3.11. The summed E-state index contributed by atoms with van der Waals surface area (Å²) in [6.45, 7) is 0. The fourth-order valence-corrected chi connectivity index (χ4v) is 1.06. The van der Waals surface area contributed by atoms with Crippen molar-refractivity contribution in [3.63, 3.8) is 0 Å². The van der Waals surface area contributed by atoms with Gasteiger partial charge in [0.15, 0.2) is 0 Å². The van der Waals surface area contributed by atoms with E-state index in [2.05, 4.69) is 25.9 Å². The summed E-state index contributed by atoms with van der Waals surface area (Å²) in [5, 5.41) is 0. The topological polar surface area (TPSA) is 59.4 Å². The molecule has 0 radical (unpaired) electrons. The zero-order valence-corrected chi connectivity index (χ0v) is 7.41. The van der Waals surface area contributed by atoms with E-state index in [1.807, 2.05) is 0 Å². The van der Waals surface area contributed by atoms with E-state index in [4.69, 9.17) is 0 Å². The minimum Gasteiger partial charge on any atom is -0.264 e. The molecule has 0 saturated heterocycles. The molecule has 1 heterocycles. The van der Waals surface area contributed by atoms with Gasteiger partial charge in [-0.2, -0.15) is 0 Å². The molecular formula is C7H3BrN2O2. The van der Waals surface area contributed by atoms with Gasteiger partial charge in [0.1, 0.15) is 5.69 Å². The van der Waals surface area contributed by atoms with Gasteiger partial charge in [-0.25, -0.2) is 9.78 Å². The van der Waals surface area contributed by atoms with Gasteiger partial charge in [0, 0.05) is 10.7 Å². The van der Waals surface area contributed by atoms with E-state index < -0.39 is 5.91 Å². The smallest absolute Gasteiger partial charge is 0.264 e. The van der Waals surface area contributed by atoms with Crippen molar-refractivity contribution in [2.45, 2.75) is 0 Å². The SMILES string of the molecule is O=C=NC(=O)c1ncccc1Br. The number of halogens is 1. The summed E-state index contributed by atoms with van der Waals surface area (Å²) in [7, 11) is 0. The molecule has 0 aliphatic heterocycles. The number of aromatic nitrogens is 1. The molecule has 0 spiro atoms. The summed E-state index contributed by atoms with van der Waals surface area (Å²) in [6, 6.07) is 3.30. The molecule has 1 aromatic rings. The molecule has 4 nitrogen and oxygen atoms in total. The summed E-state index contributed by atoms with van der Waals surface area (Å²) in [5.41, 5.74) is 0.112. The monoisotopic (exact) mass is 226 g/mol. The molecule has 0 atom stereocenters. The quantitative estimate of drug-likeness (QED) is 0.536. The Morgan fingerprint density at radius 1 is 1.67 bits per heavy atom. The highest BCUT2D eigenvalue weighted by molar-refractivity contribution is 9.10. The fourth-order valence-electron chi connectivity index (χ4n) is 0.637. The van der Waals surface area contributed by atoms with Crippen LogP contribution in [-0.4, -0.2) is 17.0 Å². The van der Waals surface area contributed by atoms with Crippen LogP contribution in [0.3, 0.4) is 0 Å². The number of hydrogen-bond acceptors (Lipinski definition) is 3. The minimum absolute atomic E-state index is 0.112. The number of isocyanates is 1. The third kappa shape index (κ3) is 1.84. The Hall–Kier alpha value is -1.32. The Morgan fingerprint density at radius 3 is 3.00 bits per heavy atom. The maximum absolute atomic E-state index is 10.9. The van der Waals surface area contributed by atoms with E-state index in [0.717, 1.165) is 6.08 Å². The summed E-state index contributed by atoms with van der Waals surface area (Å²) < 4.78 is 0.508. The Morgan fingerprint density at radius 2 is 2.42 bits per heavy atom. The molecule has 0 unspecified atom stereocenters. The first-order valence-corrected chi connectivity index (χ1v) is 3.77. The first kappa shape index (κ1) is 8.77. The largest absolute Gasteiger partial charge is 0.307 e. The number of pyridine rings is 1. The first-order valence-electron chi connectivity index (χ1n) is 2.98. The molecule has 60 valence electrons. The maximum Gasteiger partial charge on any atom is 0.307 e. The Kier molecular flexibility index (Phi) is 2.85. The first-order chi connectivity index (χ1) is 5.75. The van der Waals surface area contributed by atoms with E-state index in [9.17, 15) is 9.59 Å². The van der Waals surface area contributed by atoms with Gasteiger partial charge in [0.05, 0.1) is 0 Å². The van der Waals surface area contributed by atoms with Gasteiger partial charge in [-0.15, -0.1) is 4.99 Å². The maximum atomic E-state index is 10.9. The van der Waals surface area contributed by atoms with E-state index in [1.54, 1.807) is 12.1 Å². The highest BCUT2D eigenvalue weighted by Gasteiger charge is 2.08. The number of rotatable bonds is 1. The second-order valence-electron chi connectivity index (χ2n) is 1.84. The van der Waals surface area contributed by atoms with E-state index >= 15 is 0 Å². The summed E-state index contributed by atoms with van der Waals surface area (Å²) in [6.07, 6.45) is 2.60. The number of carbonyl (C=O) groups excluding carboxylic acids is 2. The standard InChI is InChI=1S/C7H3BrN2O2/c8-5-2-1-3-9-6(5)7(12)10-4-11/h1-3H. The van der Waals surface area contributed by atoms with Crippen molar-refractivity contribution in [3.05, 3.63) is 28.5 Å². The molecule has 0 aliphatic carbocycles. The summed E-state index contributed by atoms with van der Waals surface area (Å²) in [4.78, 5) is 27.3. The molecule has 0 fully saturated rings. The van der Waals surface area contributed by atoms with Crippen LogP contribution in [-0.2, 0) is 4.79 Å². The molecule has 12 heavy (non-hydrogen) atoms. The van der Waals surface area contributed by atoms with Crippen LogP contribution < -0.4 is 0 Å². The molecule has 0 aliphatic rings. The lowest BCUT2D eigenvalue weighted by molar-refractivity contribution is 0.0997. The molecule has 0 aromatic carbocycles. The van der Waals surface area contributed by atoms with E-state index in [-0.39, 0.29) is 5.69 Å². The second-order valence-corrected chi connectivity index (χ2v) is 2.70. The highest BCUT2D eigenvalue weighted by atomic mass is 79.9.